The summed E-state index contributed by atoms with van der Waals surface area (Å²) < 4.78 is 0. The van der Waals surface area contributed by atoms with Gasteiger partial charge in [0.1, 0.15) is 0 Å². The van der Waals surface area contributed by atoms with Crippen LogP contribution in [-0.2, 0) is 9.59 Å². The minimum Gasteiger partial charge on any atom is -0.349 e. The number of nitrogens with two attached hydrogens (primary N) is 1. The van der Waals surface area contributed by atoms with E-state index < -0.39 is 0 Å². The maximum atomic E-state index is 12.1. The number of likely N-dealkylation sites (tertiary alicyclic amines) is 1. The van der Waals surface area contributed by atoms with Gasteiger partial charge in [-0.25, -0.2) is 0 Å². The Morgan fingerprint density at radius 1 is 1.32 bits per heavy atom. The van der Waals surface area contributed by atoms with Crippen molar-refractivity contribution in [2.75, 3.05) is 33.7 Å². The first-order chi connectivity index (χ1) is 8.99. The van der Waals surface area contributed by atoms with Gasteiger partial charge in [0.2, 0.25) is 11.8 Å². The molecule has 2 N–H and O–H groups in total. The van der Waals surface area contributed by atoms with Crippen LogP contribution in [0.15, 0.2) is 0 Å². The summed E-state index contributed by atoms with van der Waals surface area (Å²) in [5.41, 5.74) is 5.64. The van der Waals surface area contributed by atoms with Crippen LogP contribution in [0.3, 0.4) is 0 Å². The van der Waals surface area contributed by atoms with Crippen molar-refractivity contribution in [3.8, 4) is 0 Å². The number of rotatable bonds is 5. The van der Waals surface area contributed by atoms with Gasteiger partial charge >= 0.3 is 0 Å². The van der Waals surface area contributed by atoms with Gasteiger partial charge in [-0.05, 0) is 25.3 Å². The molecular formula is C14H27N3O2. The molecule has 2 amide bonds. The summed E-state index contributed by atoms with van der Waals surface area (Å²) in [5.74, 6) is 0.734. The zero-order valence-corrected chi connectivity index (χ0v) is 12.4. The summed E-state index contributed by atoms with van der Waals surface area (Å²) in [7, 11) is 3.57. The smallest absolute Gasteiger partial charge is 0.225 e. The van der Waals surface area contributed by atoms with Gasteiger partial charge in [0.15, 0.2) is 0 Å². The van der Waals surface area contributed by atoms with Gasteiger partial charge in [-0.3, -0.25) is 9.59 Å². The Hall–Kier alpha value is -1.10. The highest BCUT2D eigenvalue weighted by Gasteiger charge is 2.28. The maximum absolute atomic E-state index is 12.1. The molecule has 5 nitrogen and oxygen atoms in total. The summed E-state index contributed by atoms with van der Waals surface area (Å²) in [5, 5.41) is 0. The summed E-state index contributed by atoms with van der Waals surface area (Å²) >= 11 is 0. The van der Waals surface area contributed by atoms with E-state index in [2.05, 4.69) is 6.92 Å². The van der Waals surface area contributed by atoms with E-state index in [0.717, 1.165) is 19.3 Å². The molecule has 0 bridgehead atoms. The van der Waals surface area contributed by atoms with Gasteiger partial charge in [0.05, 0.1) is 0 Å². The van der Waals surface area contributed by atoms with Crippen molar-refractivity contribution in [1.82, 2.24) is 9.80 Å². The molecular weight excluding hydrogens is 242 g/mol. The van der Waals surface area contributed by atoms with Gasteiger partial charge in [0.25, 0.3) is 0 Å². The fourth-order valence-corrected chi connectivity index (χ4v) is 2.51. The fraction of sp³-hybridized carbons (Fsp3) is 0.857. The number of amides is 2. The molecule has 1 saturated heterocycles. The van der Waals surface area contributed by atoms with Crippen molar-refractivity contribution < 1.29 is 9.59 Å². The van der Waals surface area contributed by atoms with Crippen molar-refractivity contribution in [2.24, 2.45) is 17.6 Å². The van der Waals surface area contributed by atoms with E-state index >= 15 is 0 Å². The van der Waals surface area contributed by atoms with Crippen molar-refractivity contribution in [1.29, 1.82) is 0 Å². The van der Waals surface area contributed by atoms with Crippen molar-refractivity contribution in [2.45, 2.75) is 32.6 Å². The first-order valence-corrected chi connectivity index (χ1v) is 7.18. The van der Waals surface area contributed by atoms with Crippen LogP contribution in [0.2, 0.25) is 0 Å². The average Bonchev–Trinajstić information content (AvgIpc) is 2.43. The maximum Gasteiger partial charge on any atom is 0.225 e. The second-order valence-electron chi connectivity index (χ2n) is 5.60. The molecule has 0 radical (unpaired) electrons. The fourth-order valence-electron chi connectivity index (χ4n) is 2.51. The highest BCUT2D eigenvalue weighted by molar-refractivity contribution is 5.80. The zero-order chi connectivity index (χ0) is 14.4. The average molecular weight is 269 g/mol. The molecule has 1 rings (SSSR count). The number of carbonyl (C=O) groups excluding carboxylic acids is 2. The number of carbonyl (C=O) groups is 2. The molecule has 0 saturated carbocycles. The lowest BCUT2D eigenvalue weighted by Gasteiger charge is -2.33. The lowest BCUT2D eigenvalue weighted by Crippen LogP contribution is -2.43. The molecule has 5 heteroatoms. The Labute approximate surface area is 116 Å². The van der Waals surface area contributed by atoms with Crippen LogP contribution in [0.5, 0.6) is 0 Å². The molecule has 110 valence electrons. The van der Waals surface area contributed by atoms with Crippen LogP contribution in [0.25, 0.3) is 0 Å². The van der Waals surface area contributed by atoms with Crippen LogP contribution in [-0.4, -0.2) is 55.3 Å². The topological polar surface area (TPSA) is 66.6 Å². The molecule has 0 aromatic rings. The summed E-state index contributed by atoms with van der Waals surface area (Å²) in [6.07, 6.45) is 3.04. The van der Waals surface area contributed by atoms with Crippen LogP contribution < -0.4 is 5.73 Å². The Balaban J connectivity index is 2.41. The molecule has 19 heavy (non-hydrogen) atoms. The summed E-state index contributed by atoms with van der Waals surface area (Å²) in [4.78, 5) is 27.5. The molecule has 1 aliphatic rings. The summed E-state index contributed by atoms with van der Waals surface area (Å²) in [6, 6.07) is 0. The standard InChI is InChI=1S/C14H27N3O2/c1-4-11(10-15)9-13(18)17-7-5-12(6-8-17)14(19)16(2)3/h11-12H,4-10,15H2,1-3H3. The molecule has 1 atom stereocenters. The lowest BCUT2D eigenvalue weighted by atomic mass is 9.94. The third-order valence-electron chi connectivity index (χ3n) is 4.01. The highest BCUT2D eigenvalue weighted by Crippen LogP contribution is 2.20. The van der Waals surface area contributed by atoms with E-state index in [-0.39, 0.29) is 23.7 Å². The molecule has 1 fully saturated rings. The normalized spacial score (nSPS) is 18.2. The Bertz CT molecular complexity index is 306. The number of hydrogen-bond acceptors (Lipinski definition) is 3. The first-order valence-electron chi connectivity index (χ1n) is 7.18. The van der Waals surface area contributed by atoms with Gasteiger partial charge in [-0.15, -0.1) is 0 Å². The zero-order valence-electron chi connectivity index (χ0n) is 12.4. The molecule has 0 aromatic carbocycles. The van der Waals surface area contributed by atoms with Crippen LogP contribution in [0.1, 0.15) is 32.6 Å². The molecule has 1 unspecified atom stereocenters. The molecule has 1 heterocycles. The van der Waals surface area contributed by atoms with Crippen LogP contribution in [0.4, 0.5) is 0 Å². The first kappa shape index (κ1) is 16.0. The van der Waals surface area contributed by atoms with E-state index in [0.29, 0.717) is 26.1 Å². The quantitative estimate of drug-likeness (QED) is 0.798. The largest absolute Gasteiger partial charge is 0.349 e. The number of nitrogens with zero attached hydrogens (tertiary/aromatic N) is 2. The van der Waals surface area contributed by atoms with Crippen molar-refractivity contribution in [3.05, 3.63) is 0 Å². The van der Waals surface area contributed by atoms with E-state index in [1.54, 1.807) is 19.0 Å². The molecule has 0 spiro atoms. The Morgan fingerprint density at radius 3 is 2.32 bits per heavy atom. The summed E-state index contributed by atoms with van der Waals surface area (Å²) in [6.45, 7) is 4.03. The predicted octanol–water partition coefficient (Wildman–Crippen LogP) is 0.688. The van der Waals surface area contributed by atoms with E-state index in [1.165, 1.54) is 0 Å². The molecule has 0 aliphatic carbocycles. The molecule has 0 aromatic heterocycles. The second-order valence-corrected chi connectivity index (χ2v) is 5.60. The minimum atomic E-state index is 0.0792. The van der Waals surface area contributed by atoms with E-state index in [1.807, 2.05) is 4.90 Å². The SMILES string of the molecule is CCC(CN)CC(=O)N1CCC(C(=O)N(C)C)CC1. The van der Waals surface area contributed by atoms with E-state index in [9.17, 15) is 9.59 Å². The van der Waals surface area contributed by atoms with Gasteiger partial charge in [-0.2, -0.15) is 0 Å². The van der Waals surface area contributed by atoms with Gasteiger partial charge in [0, 0.05) is 39.5 Å². The van der Waals surface area contributed by atoms with Crippen LogP contribution in [0, 0.1) is 11.8 Å². The monoisotopic (exact) mass is 269 g/mol. The van der Waals surface area contributed by atoms with Gasteiger partial charge in [-0.1, -0.05) is 13.3 Å². The number of piperidine rings is 1. The van der Waals surface area contributed by atoms with Gasteiger partial charge < -0.3 is 15.5 Å². The van der Waals surface area contributed by atoms with Crippen molar-refractivity contribution in [3.63, 3.8) is 0 Å². The third kappa shape index (κ3) is 4.49. The lowest BCUT2D eigenvalue weighted by molar-refractivity contribution is -0.139. The molecule has 1 aliphatic heterocycles. The Morgan fingerprint density at radius 2 is 1.89 bits per heavy atom. The number of hydrogen-bond donors (Lipinski definition) is 1. The second kappa shape index (κ2) is 7.48. The Kier molecular flexibility index (Phi) is 6.28. The third-order valence-corrected chi connectivity index (χ3v) is 4.01. The van der Waals surface area contributed by atoms with E-state index in [4.69, 9.17) is 5.73 Å². The minimum absolute atomic E-state index is 0.0792. The predicted molar refractivity (Wildman–Crippen MR) is 75.5 cm³/mol. The van der Waals surface area contributed by atoms with Crippen LogP contribution >= 0.6 is 0 Å². The van der Waals surface area contributed by atoms with Crippen molar-refractivity contribution >= 4 is 11.8 Å². The highest BCUT2D eigenvalue weighted by atomic mass is 16.2.